The molecule has 0 spiro atoms. The van der Waals surface area contributed by atoms with Crippen LogP contribution in [0.15, 0.2) is 35.2 Å². The van der Waals surface area contributed by atoms with Crippen LogP contribution in [0.1, 0.15) is 20.8 Å². The van der Waals surface area contributed by atoms with Crippen molar-refractivity contribution in [2.45, 2.75) is 54.8 Å². The first-order valence-corrected chi connectivity index (χ1v) is 9.13. The molecule has 1 aromatic rings. The van der Waals surface area contributed by atoms with Gasteiger partial charge < -0.3 is 14.2 Å². The van der Waals surface area contributed by atoms with Crippen LogP contribution >= 0.6 is 23.4 Å². The van der Waals surface area contributed by atoms with Gasteiger partial charge in [0.25, 0.3) is 0 Å². The van der Waals surface area contributed by atoms with Crippen LogP contribution in [0, 0.1) is 5.92 Å². The van der Waals surface area contributed by atoms with E-state index in [-0.39, 0.29) is 0 Å². The lowest BCUT2D eigenvalue weighted by Gasteiger charge is -2.45. The van der Waals surface area contributed by atoms with Crippen molar-refractivity contribution >= 4 is 35.3 Å². The Morgan fingerprint density at radius 2 is 1.65 bits per heavy atom. The molecule has 5 nitrogen and oxygen atoms in total. The van der Waals surface area contributed by atoms with E-state index in [1.807, 2.05) is 0 Å². The zero-order valence-corrected chi connectivity index (χ0v) is 15.9. The number of thioether (sulfide) groups is 1. The third-order valence-corrected chi connectivity index (χ3v) is 5.19. The van der Waals surface area contributed by atoms with Gasteiger partial charge in [0.1, 0.15) is 11.4 Å². The lowest BCUT2D eigenvalue weighted by Crippen LogP contribution is -2.59. The van der Waals surface area contributed by atoms with Crippen LogP contribution in [0.25, 0.3) is 0 Å². The van der Waals surface area contributed by atoms with Crippen molar-refractivity contribution in [2.75, 3.05) is 0 Å². The van der Waals surface area contributed by atoms with Crippen LogP contribution in [0.3, 0.4) is 0 Å². The topological polar surface area (TPSA) is 61.8 Å². The zero-order valence-electron chi connectivity index (χ0n) is 14.4. The number of rotatable bonds is 5. The van der Waals surface area contributed by atoms with Gasteiger partial charge in [-0.3, -0.25) is 9.59 Å². The minimum Gasteiger partial charge on any atom is -0.458 e. The van der Waals surface area contributed by atoms with Gasteiger partial charge in [0.05, 0.1) is 6.10 Å². The number of hydrogen-bond donors (Lipinski definition) is 0. The average Bonchev–Trinajstić information content (AvgIpc) is 2.50. The van der Waals surface area contributed by atoms with Crippen molar-refractivity contribution in [2.24, 2.45) is 5.92 Å². The molecule has 0 bridgehead atoms. The first-order chi connectivity index (χ1) is 12.1. The summed E-state index contributed by atoms with van der Waals surface area (Å²) in [5.41, 5.74) is -1.11. The molecule has 0 saturated carbocycles. The van der Waals surface area contributed by atoms with Crippen LogP contribution in [0.5, 0.6) is 0 Å². The van der Waals surface area contributed by atoms with Gasteiger partial charge in [0.2, 0.25) is 0 Å². The first kappa shape index (κ1) is 20.9. The molecule has 26 heavy (non-hydrogen) atoms. The number of halogens is 3. The van der Waals surface area contributed by atoms with E-state index < -0.39 is 47.0 Å². The Bertz CT molecular complexity index is 640. The Morgan fingerprint density at radius 3 is 2.15 bits per heavy atom. The number of benzene rings is 1. The molecular weight excluding hydrogens is 390 g/mol. The molecule has 1 aliphatic heterocycles. The average molecular weight is 409 g/mol. The third-order valence-electron chi connectivity index (χ3n) is 3.76. The van der Waals surface area contributed by atoms with Gasteiger partial charge >= 0.3 is 17.3 Å². The molecule has 2 rings (SSSR count). The summed E-state index contributed by atoms with van der Waals surface area (Å²) in [5, 5.41) is -3.76. The largest absolute Gasteiger partial charge is 0.458 e. The summed E-state index contributed by atoms with van der Waals surface area (Å²) in [6, 6.07) is 8.78. The fourth-order valence-corrected chi connectivity index (χ4v) is 4.36. The molecule has 1 aliphatic rings. The van der Waals surface area contributed by atoms with Gasteiger partial charge in [-0.1, -0.05) is 30.0 Å². The molecule has 5 atom stereocenters. The second-order valence-corrected chi connectivity index (χ2v) is 7.53. The maximum atomic E-state index is 14.2. The van der Waals surface area contributed by atoms with E-state index in [2.05, 4.69) is 0 Å². The van der Waals surface area contributed by atoms with Gasteiger partial charge in [0, 0.05) is 18.7 Å². The number of carbonyl (C=O) groups excluding carboxylic acids is 2. The molecule has 0 unspecified atom stereocenters. The molecule has 0 aromatic heterocycles. The summed E-state index contributed by atoms with van der Waals surface area (Å²) in [4.78, 5) is 23.5. The maximum absolute atomic E-state index is 14.2. The van der Waals surface area contributed by atoms with Crippen LogP contribution in [0.4, 0.5) is 8.78 Å². The van der Waals surface area contributed by atoms with Crippen molar-refractivity contribution in [3.63, 3.8) is 0 Å². The Kier molecular flexibility index (Phi) is 6.87. The number of esters is 2. The van der Waals surface area contributed by atoms with Gasteiger partial charge in [-0.05, 0) is 30.7 Å². The summed E-state index contributed by atoms with van der Waals surface area (Å²) >= 11 is 6.38. The number of hydrogen-bond acceptors (Lipinski definition) is 6. The maximum Gasteiger partial charge on any atom is 0.331 e. The third kappa shape index (κ3) is 5.31. The predicted octanol–water partition coefficient (Wildman–Crippen LogP) is 3.83. The van der Waals surface area contributed by atoms with Crippen LogP contribution in [0.2, 0.25) is 0 Å². The van der Waals surface area contributed by atoms with Gasteiger partial charge in [-0.25, -0.2) is 0 Å². The van der Waals surface area contributed by atoms with Gasteiger partial charge in [0.15, 0.2) is 12.2 Å². The molecule has 144 valence electrons. The lowest BCUT2D eigenvalue weighted by molar-refractivity contribution is -0.229. The van der Waals surface area contributed by atoms with Crippen molar-refractivity contribution in [1.82, 2.24) is 0 Å². The highest BCUT2D eigenvalue weighted by atomic mass is 35.5. The molecule has 1 saturated heterocycles. The van der Waals surface area contributed by atoms with E-state index in [1.54, 1.807) is 37.3 Å². The molecule has 9 heteroatoms. The quantitative estimate of drug-likeness (QED) is 0.545. The smallest absolute Gasteiger partial charge is 0.331 e. The number of ether oxygens (including phenoxy) is 3. The second kappa shape index (κ2) is 8.54. The van der Waals surface area contributed by atoms with Crippen LogP contribution in [-0.2, 0) is 23.8 Å². The van der Waals surface area contributed by atoms with Crippen molar-refractivity contribution in [1.29, 1.82) is 0 Å². The van der Waals surface area contributed by atoms with Gasteiger partial charge in [-0.2, -0.15) is 8.78 Å². The fourth-order valence-electron chi connectivity index (χ4n) is 2.76. The summed E-state index contributed by atoms with van der Waals surface area (Å²) < 4.78 is 44.4. The monoisotopic (exact) mass is 408 g/mol. The molecule has 1 aromatic carbocycles. The van der Waals surface area contributed by atoms with E-state index in [1.165, 1.54) is 0 Å². The SMILES string of the molecule is CC(=O)O[C@@H]1[C@@H](OC(C)=O)[C@H](C)O[C@@H](Sc2ccccc2)[C@H]1C(F)(F)Cl. The number of carbonyl (C=O) groups is 2. The molecule has 1 heterocycles. The van der Waals surface area contributed by atoms with E-state index in [0.717, 1.165) is 25.6 Å². The molecule has 0 amide bonds. The Labute approximate surface area is 159 Å². The highest BCUT2D eigenvalue weighted by Crippen LogP contribution is 2.47. The fraction of sp³-hybridized carbons (Fsp3) is 0.529. The number of alkyl halides is 3. The minimum atomic E-state index is -3.76. The summed E-state index contributed by atoms with van der Waals surface area (Å²) in [5.74, 6) is -3.21. The molecule has 0 radical (unpaired) electrons. The predicted molar refractivity (Wildman–Crippen MR) is 92.0 cm³/mol. The summed E-state index contributed by atoms with van der Waals surface area (Å²) in [6.07, 6.45) is -3.42. The van der Waals surface area contributed by atoms with Crippen LogP contribution < -0.4 is 0 Å². The Hall–Kier alpha value is -1.38. The molecule has 0 aliphatic carbocycles. The van der Waals surface area contributed by atoms with Crippen LogP contribution in [-0.4, -0.2) is 41.1 Å². The van der Waals surface area contributed by atoms with Crippen molar-refractivity contribution in [3.8, 4) is 0 Å². The summed E-state index contributed by atoms with van der Waals surface area (Å²) in [6.45, 7) is 3.79. The van der Waals surface area contributed by atoms with E-state index in [4.69, 9.17) is 25.8 Å². The highest BCUT2D eigenvalue weighted by molar-refractivity contribution is 7.99. The summed E-state index contributed by atoms with van der Waals surface area (Å²) in [7, 11) is 0. The Morgan fingerprint density at radius 1 is 1.12 bits per heavy atom. The van der Waals surface area contributed by atoms with Crippen molar-refractivity contribution < 1.29 is 32.6 Å². The lowest BCUT2D eigenvalue weighted by atomic mass is 9.92. The second-order valence-electron chi connectivity index (χ2n) is 5.86. The van der Waals surface area contributed by atoms with Gasteiger partial charge in [-0.15, -0.1) is 0 Å². The first-order valence-electron chi connectivity index (χ1n) is 7.88. The Balaban J connectivity index is 2.39. The molecular formula is C17H19ClF2O5S. The van der Waals surface area contributed by atoms with E-state index in [9.17, 15) is 18.4 Å². The molecule has 1 fully saturated rings. The molecule has 0 N–H and O–H groups in total. The minimum absolute atomic E-state index is 0.683. The zero-order chi connectivity index (χ0) is 19.5. The van der Waals surface area contributed by atoms with E-state index >= 15 is 0 Å². The normalized spacial score (nSPS) is 29.1. The standard InChI is InChI=1S/C17H19ClF2O5S/c1-9-14(24-10(2)21)15(25-11(3)22)13(17(18,19)20)16(23-9)26-12-7-5-4-6-8-12/h4-9,13-16H,1-3H3/t9-,13-,14-,15-,16-/m0/s1. The van der Waals surface area contributed by atoms with E-state index in [0.29, 0.717) is 4.90 Å². The highest BCUT2D eigenvalue weighted by Gasteiger charge is 2.58. The van der Waals surface area contributed by atoms with Crippen molar-refractivity contribution in [3.05, 3.63) is 30.3 Å².